The Morgan fingerprint density at radius 1 is 1.20 bits per heavy atom. The second-order valence-corrected chi connectivity index (χ2v) is 9.85. The first-order valence-corrected chi connectivity index (χ1v) is 11.2. The standard InChI is InChI=1S/C12H23F3N4O4S2/c1-3-16-11(17-6-9-24(2,20)21)18-10-4-7-19(8-5-10)25(22,23)12(13,14)15/h10H,3-9H2,1-2H3,(H2,16,17,18). The second kappa shape index (κ2) is 8.54. The predicted molar refractivity (Wildman–Crippen MR) is 88.4 cm³/mol. The van der Waals surface area contributed by atoms with Crippen LogP contribution >= 0.6 is 0 Å². The zero-order valence-corrected chi connectivity index (χ0v) is 15.6. The van der Waals surface area contributed by atoms with Crippen molar-refractivity contribution < 1.29 is 30.0 Å². The molecule has 1 aliphatic rings. The quantitative estimate of drug-likeness (QED) is 0.469. The van der Waals surface area contributed by atoms with Crippen LogP contribution in [0.3, 0.4) is 0 Å². The molecule has 1 heterocycles. The highest BCUT2D eigenvalue weighted by Crippen LogP contribution is 2.28. The van der Waals surface area contributed by atoms with Crippen molar-refractivity contribution in [2.75, 3.05) is 38.2 Å². The van der Waals surface area contributed by atoms with E-state index >= 15 is 0 Å². The highest BCUT2D eigenvalue weighted by molar-refractivity contribution is 7.90. The molecule has 13 heteroatoms. The van der Waals surface area contributed by atoms with E-state index in [-0.39, 0.29) is 44.3 Å². The van der Waals surface area contributed by atoms with Crippen molar-refractivity contribution in [3.63, 3.8) is 0 Å². The van der Waals surface area contributed by atoms with Crippen molar-refractivity contribution in [2.45, 2.75) is 31.3 Å². The molecule has 2 N–H and O–H groups in total. The lowest BCUT2D eigenvalue weighted by Crippen LogP contribution is -2.51. The van der Waals surface area contributed by atoms with Crippen molar-refractivity contribution in [3.8, 4) is 0 Å². The van der Waals surface area contributed by atoms with Crippen LogP contribution in [-0.2, 0) is 19.9 Å². The zero-order valence-electron chi connectivity index (χ0n) is 14.0. The first-order valence-electron chi connectivity index (χ1n) is 7.66. The summed E-state index contributed by atoms with van der Waals surface area (Å²) in [7, 11) is -8.45. The van der Waals surface area contributed by atoms with Crippen LogP contribution in [0.1, 0.15) is 19.8 Å². The highest BCUT2D eigenvalue weighted by Gasteiger charge is 2.50. The number of alkyl halides is 3. The summed E-state index contributed by atoms with van der Waals surface area (Å²) in [5.74, 6) is 0.231. The third-order valence-corrected chi connectivity index (χ3v) is 6.06. The lowest BCUT2D eigenvalue weighted by Gasteiger charge is -2.32. The number of hydrogen-bond donors (Lipinski definition) is 2. The Bertz CT molecular complexity index is 669. The van der Waals surface area contributed by atoms with Gasteiger partial charge in [-0.25, -0.2) is 16.8 Å². The fraction of sp³-hybridized carbons (Fsp3) is 0.917. The summed E-state index contributed by atoms with van der Waals surface area (Å²) in [5.41, 5.74) is -5.30. The Morgan fingerprint density at radius 3 is 2.20 bits per heavy atom. The van der Waals surface area contributed by atoms with Gasteiger partial charge in [-0.15, -0.1) is 0 Å². The first-order chi connectivity index (χ1) is 11.4. The van der Waals surface area contributed by atoms with Gasteiger partial charge in [0.05, 0.1) is 12.3 Å². The van der Waals surface area contributed by atoms with E-state index in [1.807, 2.05) is 6.92 Å². The second-order valence-electron chi connectivity index (χ2n) is 5.66. The molecule has 0 radical (unpaired) electrons. The molecule has 1 aliphatic heterocycles. The van der Waals surface area contributed by atoms with E-state index in [0.717, 1.165) is 6.26 Å². The maximum absolute atomic E-state index is 12.5. The van der Waals surface area contributed by atoms with Gasteiger partial charge in [0, 0.05) is 31.9 Å². The molecule has 1 fully saturated rings. The molecule has 0 aliphatic carbocycles. The Morgan fingerprint density at radius 2 is 1.76 bits per heavy atom. The van der Waals surface area contributed by atoms with Gasteiger partial charge in [0.25, 0.3) is 0 Å². The molecule has 0 bridgehead atoms. The Kier molecular flexibility index (Phi) is 7.50. The van der Waals surface area contributed by atoms with Crippen molar-refractivity contribution >= 4 is 25.8 Å². The van der Waals surface area contributed by atoms with Crippen LogP contribution in [0.4, 0.5) is 13.2 Å². The molecular weight excluding hydrogens is 385 g/mol. The largest absolute Gasteiger partial charge is 0.511 e. The highest BCUT2D eigenvalue weighted by atomic mass is 32.2. The molecule has 0 atom stereocenters. The van der Waals surface area contributed by atoms with Gasteiger partial charge in [0.2, 0.25) is 0 Å². The summed E-state index contributed by atoms with van der Waals surface area (Å²) in [6.45, 7) is 1.89. The monoisotopic (exact) mass is 408 g/mol. The maximum atomic E-state index is 12.5. The molecule has 1 rings (SSSR count). The van der Waals surface area contributed by atoms with Crippen LogP contribution in [0.5, 0.6) is 0 Å². The third-order valence-electron chi connectivity index (χ3n) is 3.50. The summed E-state index contributed by atoms with van der Waals surface area (Å²) < 4.78 is 83.0. The summed E-state index contributed by atoms with van der Waals surface area (Å²) in [6, 6.07) is -0.254. The molecule has 0 aromatic carbocycles. The normalized spacial score (nSPS) is 19.0. The number of halogens is 3. The van der Waals surface area contributed by atoms with Crippen molar-refractivity contribution in [3.05, 3.63) is 0 Å². The van der Waals surface area contributed by atoms with Gasteiger partial charge in [-0.3, -0.25) is 4.99 Å². The third kappa shape index (κ3) is 6.98. The zero-order chi connectivity index (χ0) is 19.3. The summed E-state index contributed by atoms with van der Waals surface area (Å²) in [4.78, 5) is 4.10. The molecule has 0 unspecified atom stereocenters. The van der Waals surface area contributed by atoms with Crippen LogP contribution in [0.25, 0.3) is 0 Å². The Labute approximate surface area is 145 Å². The van der Waals surface area contributed by atoms with Crippen LogP contribution < -0.4 is 10.6 Å². The van der Waals surface area contributed by atoms with Gasteiger partial charge in [0.1, 0.15) is 9.84 Å². The van der Waals surface area contributed by atoms with Gasteiger partial charge >= 0.3 is 15.5 Å². The van der Waals surface area contributed by atoms with Gasteiger partial charge in [-0.05, 0) is 19.8 Å². The average Bonchev–Trinajstić information content (AvgIpc) is 2.45. The van der Waals surface area contributed by atoms with E-state index in [1.54, 1.807) is 0 Å². The first kappa shape index (κ1) is 22.0. The summed E-state index contributed by atoms with van der Waals surface area (Å²) >= 11 is 0. The average molecular weight is 408 g/mol. The lowest BCUT2D eigenvalue weighted by atomic mass is 10.1. The fourth-order valence-electron chi connectivity index (χ4n) is 2.22. The predicted octanol–water partition coefficient (Wildman–Crippen LogP) is -0.0999. The lowest BCUT2D eigenvalue weighted by molar-refractivity contribution is -0.0494. The minimum Gasteiger partial charge on any atom is -0.357 e. The van der Waals surface area contributed by atoms with Crippen LogP contribution in [0.15, 0.2) is 4.99 Å². The molecule has 25 heavy (non-hydrogen) atoms. The molecule has 8 nitrogen and oxygen atoms in total. The molecule has 0 aromatic heterocycles. The van der Waals surface area contributed by atoms with Crippen molar-refractivity contribution in [2.24, 2.45) is 4.99 Å². The minimum absolute atomic E-state index is 0.0511. The number of hydrogen-bond acceptors (Lipinski definition) is 5. The molecule has 148 valence electrons. The van der Waals surface area contributed by atoms with Gasteiger partial charge in [0.15, 0.2) is 5.96 Å². The maximum Gasteiger partial charge on any atom is 0.511 e. The Balaban J connectivity index is 2.62. The van der Waals surface area contributed by atoms with E-state index in [4.69, 9.17) is 0 Å². The number of piperidine rings is 1. The van der Waals surface area contributed by atoms with Crippen LogP contribution in [0, 0.1) is 0 Å². The Hall–Kier alpha value is -1.08. The van der Waals surface area contributed by atoms with Crippen LogP contribution in [-0.4, -0.2) is 76.8 Å². The number of rotatable bonds is 6. The molecule has 0 saturated carbocycles. The SMILES string of the molecule is CCNC(=NCCS(C)(=O)=O)NC1CCN(S(=O)(=O)C(F)(F)F)CC1. The molecule has 0 spiro atoms. The number of nitrogens with one attached hydrogen (secondary N) is 2. The van der Waals surface area contributed by atoms with E-state index in [1.165, 1.54) is 0 Å². The van der Waals surface area contributed by atoms with E-state index in [2.05, 4.69) is 15.6 Å². The molecular formula is C12H23F3N4O4S2. The number of aliphatic imine (C=N–C) groups is 1. The van der Waals surface area contributed by atoms with Gasteiger partial charge < -0.3 is 10.6 Å². The smallest absolute Gasteiger partial charge is 0.357 e. The summed E-state index contributed by atoms with van der Waals surface area (Å²) in [6.07, 6.45) is 1.47. The number of guanidine groups is 1. The molecule has 0 aromatic rings. The van der Waals surface area contributed by atoms with Crippen molar-refractivity contribution in [1.29, 1.82) is 0 Å². The molecule has 1 saturated heterocycles. The number of nitrogens with zero attached hydrogens (tertiary/aromatic N) is 2. The molecule has 0 amide bonds. The fourth-order valence-corrected chi connectivity index (χ4v) is 3.63. The van der Waals surface area contributed by atoms with Crippen LogP contribution in [0.2, 0.25) is 0 Å². The van der Waals surface area contributed by atoms with Gasteiger partial charge in [-0.1, -0.05) is 0 Å². The number of sulfone groups is 1. The summed E-state index contributed by atoms with van der Waals surface area (Å²) in [5, 5.41) is 5.91. The minimum atomic E-state index is -5.30. The van der Waals surface area contributed by atoms with Crippen molar-refractivity contribution in [1.82, 2.24) is 14.9 Å². The van der Waals surface area contributed by atoms with E-state index in [0.29, 0.717) is 16.8 Å². The van der Waals surface area contributed by atoms with E-state index in [9.17, 15) is 30.0 Å². The topological polar surface area (TPSA) is 108 Å². The van der Waals surface area contributed by atoms with E-state index < -0.39 is 25.4 Å². The number of sulfonamides is 1. The van der Waals surface area contributed by atoms with Gasteiger partial charge in [-0.2, -0.15) is 17.5 Å².